The van der Waals surface area contributed by atoms with Crippen LogP contribution in [0.5, 0.6) is 5.75 Å². The molecule has 1 aliphatic heterocycles. The van der Waals surface area contributed by atoms with Crippen LogP contribution in [0.15, 0.2) is 61.2 Å². The zero-order valence-corrected chi connectivity index (χ0v) is 18.2. The van der Waals surface area contributed by atoms with Crippen molar-refractivity contribution in [2.45, 2.75) is 18.6 Å². The molecule has 0 aliphatic carbocycles. The Morgan fingerprint density at radius 2 is 2.03 bits per heavy atom. The number of carbonyl (C=O) groups excluding carboxylic acids is 1. The van der Waals surface area contributed by atoms with Crippen LogP contribution in [0.1, 0.15) is 18.4 Å². The molecule has 0 bridgehead atoms. The zero-order valence-electron chi connectivity index (χ0n) is 16.6. The maximum Gasteiger partial charge on any atom is 0.228 e. The Bertz CT molecular complexity index is 992. The van der Waals surface area contributed by atoms with E-state index >= 15 is 0 Å². The molecule has 0 spiro atoms. The van der Waals surface area contributed by atoms with Gasteiger partial charge in [-0.15, -0.1) is 0 Å². The third kappa shape index (κ3) is 6.08. The van der Waals surface area contributed by atoms with E-state index in [0.717, 1.165) is 0 Å². The second-order valence-corrected chi connectivity index (χ2v) is 9.60. The van der Waals surface area contributed by atoms with Crippen LogP contribution in [-0.4, -0.2) is 38.3 Å². The van der Waals surface area contributed by atoms with Crippen molar-refractivity contribution in [2.24, 2.45) is 5.92 Å². The van der Waals surface area contributed by atoms with Gasteiger partial charge in [0.15, 0.2) is 0 Å². The third-order valence-electron chi connectivity index (χ3n) is 4.88. The fourth-order valence-electron chi connectivity index (χ4n) is 3.37. The molecule has 0 unspecified atom stereocenters. The summed E-state index contributed by atoms with van der Waals surface area (Å²) in [5.41, 5.74) is 1.28. The summed E-state index contributed by atoms with van der Waals surface area (Å²) in [7, 11) is -3.54. The van der Waals surface area contributed by atoms with Crippen LogP contribution in [0.3, 0.4) is 0 Å². The van der Waals surface area contributed by atoms with E-state index in [9.17, 15) is 13.2 Å². The van der Waals surface area contributed by atoms with Gasteiger partial charge in [-0.2, -0.15) is 0 Å². The van der Waals surface area contributed by atoms with E-state index in [1.165, 1.54) is 4.31 Å². The summed E-state index contributed by atoms with van der Waals surface area (Å²) in [6.07, 6.45) is 2.95. The molecule has 6 nitrogen and oxygen atoms in total. The molecule has 1 atom stereocenters. The van der Waals surface area contributed by atoms with Gasteiger partial charge in [0, 0.05) is 23.8 Å². The average molecular weight is 449 g/mol. The number of benzene rings is 2. The summed E-state index contributed by atoms with van der Waals surface area (Å²) in [5.74, 6) is -0.0283. The van der Waals surface area contributed by atoms with Crippen LogP contribution >= 0.6 is 11.6 Å². The van der Waals surface area contributed by atoms with Gasteiger partial charge in [-0.05, 0) is 54.8 Å². The number of rotatable bonds is 8. The number of amides is 1. The molecular formula is C22H25ClN2O4S. The van der Waals surface area contributed by atoms with Crippen LogP contribution in [-0.2, 0) is 20.6 Å². The number of anilines is 1. The Kier molecular flexibility index (Phi) is 7.53. The molecule has 160 valence electrons. The second-order valence-electron chi connectivity index (χ2n) is 7.20. The minimum absolute atomic E-state index is 0.131. The van der Waals surface area contributed by atoms with Crippen molar-refractivity contribution in [1.29, 1.82) is 0 Å². The van der Waals surface area contributed by atoms with Gasteiger partial charge >= 0.3 is 0 Å². The van der Waals surface area contributed by atoms with E-state index in [-0.39, 0.29) is 18.2 Å². The minimum Gasteiger partial charge on any atom is -0.490 e. The second kappa shape index (κ2) is 10.1. The first-order valence-electron chi connectivity index (χ1n) is 9.74. The highest BCUT2D eigenvalue weighted by Gasteiger charge is 2.32. The molecule has 1 saturated heterocycles. The van der Waals surface area contributed by atoms with E-state index in [0.29, 0.717) is 48.0 Å². The Labute approximate surface area is 182 Å². The smallest absolute Gasteiger partial charge is 0.228 e. The summed E-state index contributed by atoms with van der Waals surface area (Å²) in [6.45, 7) is 4.60. The van der Waals surface area contributed by atoms with Crippen LogP contribution in [0, 0.1) is 5.92 Å². The molecule has 1 amide bonds. The van der Waals surface area contributed by atoms with Gasteiger partial charge in [-0.3, -0.25) is 4.79 Å². The standard InChI is InChI=1S/C22H25ClN2O4S/c1-2-13-29-21-10-8-20(9-11-21)24-22(26)18-6-4-12-25(15-18)30(27,28)16-17-5-3-7-19(23)14-17/h2-3,5,7-11,14,18H,1,4,6,12-13,15-16H2,(H,24,26)/t18-/m1/s1. The third-order valence-corrected chi connectivity index (χ3v) is 6.93. The minimum atomic E-state index is -3.54. The lowest BCUT2D eigenvalue weighted by molar-refractivity contribution is -0.120. The lowest BCUT2D eigenvalue weighted by atomic mass is 9.99. The molecule has 2 aromatic carbocycles. The van der Waals surface area contributed by atoms with E-state index < -0.39 is 15.9 Å². The Hall–Kier alpha value is -2.35. The van der Waals surface area contributed by atoms with Crippen LogP contribution in [0.2, 0.25) is 5.02 Å². The number of hydrogen-bond acceptors (Lipinski definition) is 4. The van der Waals surface area contributed by atoms with Gasteiger partial charge < -0.3 is 10.1 Å². The zero-order chi connectivity index (χ0) is 21.6. The number of hydrogen-bond donors (Lipinski definition) is 1. The molecule has 2 aromatic rings. The summed E-state index contributed by atoms with van der Waals surface area (Å²) in [5, 5.41) is 3.37. The van der Waals surface area contributed by atoms with Crippen LogP contribution in [0.25, 0.3) is 0 Å². The van der Waals surface area contributed by atoms with Crippen molar-refractivity contribution in [2.75, 3.05) is 25.0 Å². The fraction of sp³-hybridized carbons (Fsp3) is 0.318. The molecule has 8 heteroatoms. The largest absolute Gasteiger partial charge is 0.490 e. The Morgan fingerprint density at radius 1 is 1.27 bits per heavy atom. The number of carbonyl (C=O) groups is 1. The highest BCUT2D eigenvalue weighted by molar-refractivity contribution is 7.88. The molecule has 0 radical (unpaired) electrons. The maximum absolute atomic E-state index is 12.8. The van der Waals surface area contributed by atoms with E-state index in [2.05, 4.69) is 11.9 Å². The lowest BCUT2D eigenvalue weighted by Crippen LogP contribution is -2.44. The number of nitrogens with zero attached hydrogens (tertiary/aromatic N) is 1. The van der Waals surface area contributed by atoms with E-state index in [1.807, 2.05) is 0 Å². The van der Waals surface area contributed by atoms with E-state index in [4.69, 9.17) is 16.3 Å². The van der Waals surface area contributed by atoms with Gasteiger partial charge in [-0.25, -0.2) is 12.7 Å². The lowest BCUT2D eigenvalue weighted by Gasteiger charge is -2.31. The topological polar surface area (TPSA) is 75.7 Å². The first-order valence-corrected chi connectivity index (χ1v) is 11.7. The summed E-state index contributed by atoms with van der Waals surface area (Å²) < 4.78 is 32.5. The molecule has 1 fully saturated rings. The SMILES string of the molecule is C=CCOc1ccc(NC(=O)[C@@H]2CCCN(S(=O)(=O)Cc3cccc(Cl)c3)C2)cc1. The molecule has 30 heavy (non-hydrogen) atoms. The average Bonchev–Trinajstić information content (AvgIpc) is 2.73. The number of sulfonamides is 1. The Balaban J connectivity index is 1.60. The van der Waals surface area contributed by atoms with Crippen molar-refractivity contribution in [3.63, 3.8) is 0 Å². The van der Waals surface area contributed by atoms with Gasteiger partial charge in [0.2, 0.25) is 15.9 Å². The number of ether oxygens (including phenoxy) is 1. The van der Waals surface area contributed by atoms with Gasteiger partial charge in [0.1, 0.15) is 12.4 Å². The number of halogens is 1. The maximum atomic E-state index is 12.8. The number of nitrogens with one attached hydrogen (secondary N) is 1. The molecule has 1 N–H and O–H groups in total. The monoisotopic (exact) mass is 448 g/mol. The van der Waals surface area contributed by atoms with Crippen molar-refractivity contribution >= 4 is 33.2 Å². The molecule has 1 heterocycles. The van der Waals surface area contributed by atoms with Crippen molar-refractivity contribution < 1.29 is 17.9 Å². The molecule has 0 aromatic heterocycles. The number of piperidine rings is 1. The normalized spacial score (nSPS) is 17.3. The summed E-state index contributed by atoms with van der Waals surface area (Å²) in [4.78, 5) is 12.7. The first-order chi connectivity index (χ1) is 14.4. The van der Waals surface area contributed by atoms with E-state index in [1.54, 1.807) is 54.6 Å². The van der Waals surface area contributed by atoms with Crippen LogP contribution < -0.4 is 10.1 Å². The molecular weight excluding hydrogens is 424 g/mol. The molecule has 3 rings (SSSR count). The fourth-order valence-corrected chi connectivity index (χ4v) is 5.18. The van der Waals surface area contributed by atoms with Crippen LogP contribution in [0.4, 0.5) is 5.69 Å². The summed E-state index contributed by atoms with van der Waals surface area (Å²) >= 11 is 5.96. The Morgan fingerprint density at radius 3 is 2.73 bits per heavy atom. The van der Waals surface area contributed by atoms with Crippen molar-refractivity contribution in [3.05, 3.63) is 71.8 Å². The highest BCUT2D eigenvalue weighted by atomic mass is 35.5. The van der Waals surface area contributed by atoms with Gasteiger partial charge in [0.25, 0.3) is 0 Å². The molecule has 0 saturated carbocycles. The highest BCUT2D eigenvalue weighted by Crippen LogP contribution is 2.24. The quantitative estimate of drug-likeness (QED) is 0.617. The van der Waals surface area contributed by atoms with Gasteiger partial charge in [0.05, 0.1) is 11.7 Å². The summed E-state index contributed by atoms with van der Waals surface area (Å²) in [6, 6.07) is 13.9. The van der Waals surface area contributed by atoms with Crippen molar-refractivity contribution in [3.8, 4) is 5.75 Å². The van der Waals surface area contributed by atoms with Gasteiger partial charge in [-0.1, -0.05) is 36.4 Å². The molecule has 1 aliphatic rings. The van der Waals surface area contributed by atoms with Crippen molar-refractivity contribution in [1.82, 2.24) is 4.31 Å². The predicted molar refractivity (Wildman–Crippen MR) is 119 cm³/mol. The predicted octanol–water partition coefficient (Wildman–Crippen LogP) is 4.09. The first kappa shape index (κ1) is 22.3.